The van der Waals surface area contributed by atoms with Gasteiger partial charge in [-0.15, -0.1) is 0 Å². The second kappa shape index (κ2) is 7.09. The van der Waals surface area contributed by atoms with E-state index in [4.69, 9.17) is 17.3 Å². The topological polar surface area (TPSA) is 55.4 Å². The summed E-state index contributed by atoms with van der Waals surface area (Å²) < 4.78 is 0. The van der Waals surface area contributed by atoms with E-state index in [-0.39, 0.29) is 5.17 Å². The van der Waals surface area contributed by atoms with Gasteiger partial charge in [-0.2, -0.15) is 0 Å². The minimum absolute atomic E-state index is 0.202. The smallest absolute Gasteiger partial charge is 0.279 e. The third-order valence-electron chi connectivity index (χ3n) is 1.30. The molecule has 0 saturated heterocycles. The normalized spacial score (nSPS) is 13.3. The molecule has 0 aliphatic rings. The Labute approximate surface area is 88.7 Å². The van der Waals surface area contributed by atoms with E-state index in [9.17, 15) is 4.79 Å². The summed E-state index contributed by atoms with van der Waals surface area (Å²) in [6.07, 6.45) is 7.95. The van der Waals surface area contributed by atoms with Gasteiger partial charge in [0.25, 0.3) is 5.91 Å². The Bertz CT molecular complexity index is 303. The lowest BCUT2D eigenvalue weighted by molar-refractivity contribution is -0.111. The molecule has 0 radical (unpaired) electrons. The zero-order valence-electron chi connectivity index (χ0n) is 8.03. The maximum Gasteiger partial charge on any atom is 0.279 e. The Morgan fingerprint density at radius 2 is 2.29 bits per heavy atom. The molecule has 0 unspecified atom stereocenters. The lowest BCUT2D eigenvalue weighted by atomic mass is 10.3. The quantitative estimate of drug-likeness (QED) is 0.551. The Morgan fingerprint density at radius 1 is 1.64 bits per heavy atom. The number of nitrogens with zero attached hydrogens (tertiary/aromatic N) is 1. The van der Waals surface area contributed by atoms with Crippen molar-refractivity contribution in [1.82, 2.24) is 0 Å². The molecule has 0 aliphatic carbocycles. The van der Waals surface area contributed by atoms with Crippen molar-refractivity contribution in [2.24, 2.45) is 10.7 Å². The fourth-order valence-corrected chi connectivity index (χ4v) is 0.802. The summed E-state index contributed by atoms with van der Waals surface area (Å²) in [4.78, 5) is 14.3. The number of hydrogen-bond acceptors (Lipinski definition) is 2. The summed E-state index contributed by atoms with van der Waals surface area (Å²) in [6, 6.07) is 0. The minimum Gasteiger partial charge on any atom is -0.363 e. The molecular formula is C10H13ClN2O. The van der Waals surface area contributed by atoms with E-state index in [0.29, 0.717) is 12.1 Å². The second-order valence-corrected chi connectivity index (χ2v) is 2.87. The van der Waals surface area contributed by atoms with Crippen LogP contribution in [-0.2, 0) is 4.79 Å². The first-order valence-corrected chi connectivity index (χ1v) is 4.44. The summed E-state index contributed by atoms with van der Waals surface area (Å²) in [6.45, 7) is 5.27. The summed E-state index contributed by atoms with van der Waals surface area (Å²) >= 11 is 5.45. The molecule has 0 bridgehead atoms. The molecule has 14 heavy (non-hydrogen) atoms. The minimum atomic E-state index is -0.721. The van der Waals surface area contributed by atoms with Crippen molar-refractivity contribution in [3.05, 3.63) is 36.6 Å². The summed E-state index contributed by atoms with van der Waals surface area (Å²) in [5.74, 6) is -0.721. The molecule has 0 atom stereocenters. The first kappa shape index (κ1) is 12.7. The molecule has 0 aromatic carbocycles. The molecule has 0 saturated carbocycles. The highest BCUT2D eigenvalue weighted by Gasteiger charge is 2.00. The van der Waals surface area contributed by atoms with Crippen LogP contribution in [0.5, 0.6) is 0 Å². The van der Waals surface area contributed by atoms with E-state index in [1.807, 2.05) is 18.2 Å². The van der Waals surface area contributed by atoms with E-state index in [1.54, 1.807) is 13.0 Å². The standard InChI is InChI=1S/C10H13ClN2O/c1-3-4-5-6-7-8(2)13-9(11)10(12)14/h3-5,7H,1,6H2,2H3,(H2,12,14)/b5-4?,8-7+,13-9?. The average Bonchev–Trinajstić information content (AvgIpc) is 2.12. The van der Waals surface area contributed by atoms with Gasteiger partial charge in [0.1, 0.15) is 0 Å². The van der Waals surface area contributed by atoms with Crippen molar-refractivity contribution < 1.29 is 4.79 Å². The van der Waals surface area contributed by atoms with Crippen LogP contribution < -0.4 is 5.73 Å². The Morgan fingerprint density at radius 3 is 2.79 bits per heavy atom. The summed E-state index contributed by atoms with van der Waals surface area (Å²) in [5, 5.41) is -0.202. The van der Waals surface area contributed by atoms with Crippen LogP contribution in [0.15, 0.2) is 41.6 Å². The number of allylic oxidation sites excluding steroid dienone is 5. The van der Waals surface area contributed by atoms with Gasteiger partial charge in [0.15, 0.2) is 5.17 Å². The number of halogens is 1. The van der Waals surface area contributed by atoms with Gasteiger partial charge in [0, 0.05) is 5.70 Å². The van der Waals surface area contributed by atoms with Crippen LogP contribution in [0.2, 0.25) is 0 Å². The first-order chi connectivity index (χ1) is 6.57. The van der Waals surface area contributed by atoms with E-state index >= 15 is 0 Å². The monoisotopic (exact) mass is 212 g/mol. The van der Waals surface area contributed by atoms with Gasteiger partial charge >= 0.3 is 0 Å². The SMILES string of the molecule is C=CC=CC/C=C(\C)N=C(Cl)C(N)=O. The molecule has 76 valence electrons. The Balaban J connectivity index is 4.25. The fraction of sp³-hybridized carbons (Fsp3) is 0.200. The van der Waals surface area contributed by atoms with Crippen molar-refractivity contribution in [3.63, 3.8) is 0 Å². The predicted molar refractivity (Wildman–Crippen MR) is 60.2 cm³/mol. The van der Waals surface area contributed by atoms with Crippen molar-refractivity contribution >= 4 is 22.7 Å². The average molecular weight is 213 g/mol. The highest BCUT2D eigenvalue weighted by atomic mass is 35.5. The first-order valence-electron chi connectivity index (χ1n) is 4.06. The Hall–Kier alpha value is -1.35. The van der Waals surface area contributed by atoms with E-state index in [2.05, 4.69) is 11.6 Å². The van der Waals surface area contributed by atoms with Crippen LogP contribution in [0.3, 0.4) is 0 Å². The molecule has 0 aromatic heterocycles. The molecule has 0 aliphatic heterocycles. The lowest BCUT2D eigenvalue weighted by Gasteiger charge is -1.92. The van der Waals surface area contributed by atoms with Gasteiger partial charge in [-0.25, -0.2) is 4.99 Å². The third kappa shape index (κ3) is 6.20. The van der Waals surface area contributed by atoms with Crippen LogP contribution in [-0.4, -0.2) is 11.1 Å². The zero-order valence-corrected chi connectivity index (χ0v) is 8.79. The zero-order chi connectivity index (χ0) is 11.0. The van der Waals surface area contributed by atoms with Crippen molar-refractivity contribution in [1.29, 1.82) is 0 Å². The molecule has 0 rings (SSSR count). The predicted octanol–water partition coefficient (Wildman–Crippen LogP) is 2.15. The van der Waals surface area contributed by atoms with Gasteiger partial charge in [-0.1, -0.05) is 42.5 Å². The number of aliphatic imine (C=N–C) groups is 1. The van der Waals surface area contributed by atoms with Crippen LogP contribution in [0.4, 0.5) is 0 Å². The van der Waals surface area contributed by atoms with Gasteiger partial charge < -0.3 is 5.73 Å². The van der Waals surface area contributed by atoms with Gasteiger partial charge in [-0.05, 0) is 13.3 Å². The van der Waals surface area contributed by atoms with Crippen LogP contribution >= 0.6 is 11.6 Å². The summed E-state index contributed by atoms with van der Waals surface area (Å²) in [5.41, 5.74) is 5.56. The number of hydrogen-bond donors (Lipinski definition) is 1. The molecule has 0 spiro atoms. The maximum atomic E-state index is 10.5. The van der Waals surface area contributed by atoms with E-state index in [0.717, 1.165) is 0 Å². The van der Waals surface area contributed by atoms with Crippen LogP contribution in [0, 0.1) is 0 Å². The van der Waals surface area contributed by atoms with Gasteiger partial charge in [0.05, 0.1) is 0 Å². The third-order valence-corrected chi connectivity index (χ3v) is 1.57. The van der Waals surface area contributed by atoms with Crippen LogP contribution in [0.1, 0.15) is 13.3 Å². The second-order valence-electron chi connectivity index (χ2n) is 2.51. The molecule has 3 nitrogen and oxygen atoms in total. The molecule has 0 heterocycles. The molecule has 4 heteroatoms. The van der Waals surface area contributed by atoms with Crippen molar-refractivity contribution in [2.75, 3.05) is 0 Å². The maximum absolute atomic E-state index is 10.5. The molecule has 1 amide bonds. The number of carbonyl (C=O) groups excluding carboxylic acids is 1. The molecule has 0 aromatic rings. The summed E-state index contributed by atoms with van der Waals surface area (Å²) in [7, 11) is 0. The van der Waals surface area contributed by atoms with Gasteiger partial charge in [-0.3, -0.25) is 4.79 Å². The molecule has 2 N–H and O–H groups in total. The Kier molecular flexibility index (Phi) is 6.41. The number of carbonyl (C=O) groups is 1. The van der Waals surface area contributed by atoms with E-state index in [1.165, 1.54) is 0 Å². The number of primary amides is 1. The van der Waals surface area contributed by atoms with Crippen molar-refractivity contribution in [2.45, 2.75) is 13.3 Å². The highest BCUT2D eigenvalue weighted by molar-refractivity contribution is 6.82. The number of amides is 1. The van der Waals surface area contributed by atoms with Gasteiger partial charge in [0.2, 0.25) is 0 Å². The fourth-order valence-electron chi connectivity index (χ4n) is 0.669. The van der Waals surface area contributed by atoms with Crippen LogP contribution in [0.25, 0.3) is 0 Å². The molecular weight excluding hydrogens is 200 g/mol. The van der Waals surface area contributed by atoms with E-state index < -0.39 is 5.91 Å². The highest BCUT2D eigenvalue weighted by Crippen LogP contribution is 2.00. The molecule has 0 fully saturated rings. The largest absolute Gasteiger partial charge is 0.363 e. The lowest BCUT2D eigenvalue weighted by Crippen LogP contribution is -2.18. The van der Waals surface area contributed by atoms with Crippen molar-refractivity contribution in [3.8, 4) is 0 Å². The number of rotatable bonds is 5. The number of nitrogens with two attached hydrogens (primary N) is 1.